The summed E-state index contributed by atoms with van der Waals surface area (Å²) in [6, 6.07) is 6.93. The minimum Gasteiger partial charge on any atom is -0.494 e. The van der Waals surface area contributed by atoms with Crippen LogP contribution in [0.25, 0.3) is 0 Å². The topological polar surface area (TPSA) is 46.6 Å². The van der Waals surface area contributed by atoms with Crippen LogP contribution in [-0.2, 0) is 10.0 Å². The average Bonchev–Trinajstić information content (AvgIpc) is 2.69. The molecule has 5 heteroatoms. The molecule has 0 amide bonds. The standard InChI is InChI=1S/C18H27NO3S/c1-5-22-15-6-8-16(9-7-15)23(20,21)19-13-18(4)11-14(19)10-17(2,3)12-18/h6-9,14H,5,10-13H2,1-4H3/t14-,18-/m0/s1. The lowest BCUT2D eigenvalue weighted by Gasteiger charge is -2.39. The Morgan fingerprint density at radius 1 is 1.17 bits per heavy atom. The van der Waals surface area contributed by atoms with Gasteiger partial charge >= 0.3 is 0 Å². The van der Waals surface area contributed by atoms with E-state index >= 15 is 0 Å². The molecule has 0 N–H and O–H groups in total. The third-order valence-electron chi connectivity index (χ3n) is 5.11. The van der Waals surface area contributed by atoms with E-state index in [1.54, 1.807) is 28.6 Å². The van der Waals surface area contributed by atoms with Crippen molar-refractivity contribution < 1.29 is 13.2 Å². The lowest BCUT2D eigenvalue weighted by molar-refractivity contribution is 0.133. The Morgan fingerprint density at radius 2 is 1.83 bits per heavy atom. The molecule has 1 aliphatic heterocycles. The summed E-state index contributed by atoms with van der Waals surface area (Å²) in [4.78, 5) is 0.370. The van der Waals surface area contributed by atoms with E-state index in [1.807, 2.05) is 6.92 Å². The normalized spacial score (nSPS) is 30.3. The molecule has 0 aromatic heterocycles. The van der Waals surface area contributed by atoms with Crippen molar-refractivity contribution in [3.63, 3.8) is 0 Å². The molecule has 1 aliphatic carbocycles. The van der Waals surface area contributed by atoms with E-state index in [2.05, 4.69) is 20.8 Å². The van der Waals surface area contributed by atoms with Gasteiger partial charge in [-0.1, -0.05) is 20.8 Å². The molecule has 1 saturated carbocycles. The Balaban J connectivity index is 1.88. The molecule has 2 bridgehead atoms. The molecule has 1 heterocycles. The zero-order chi connectivity index (χ0) is 16.9. The van der Waals surface area contributed by atoms with E-state index < -0.39 is 10.0 Å². The fourth-order valence-electron chi connectivity index (χ4n) is 4.70. The Hall–Kier alpha value is -1.07. The van der Waals surface area contributed by atoms with Crippen LogP contribution in [-0.4, -0.2) is 31.9 Å². The van der Waals surface area contributed by atoms with Crippen molar-refractivity contribution in [1.29, 1.82) is 0 Å². The van der Waals surface area contributed by atoms with Gasteiger partial charge in [0.1, 0.15) is 5.75 Å². The molecule has 2 fully saturated rings. The van der Waals surface area contributed by atoms with Crippen molar-refractivity contribution in [3.8, 4) is 5.75 Å². The summed E-state index contributed by atoms with van der Waals surface area (Å²) in [7, 11) is -3.44. The molecule has 2 aliphatic rings. The quantitative estimate of drug-likeness (QED) is 0.842. The van der Waals surface area contributed by atoms with Crippen LogP contribution < -0.4 is 4.74 Å². The molecule has 0 radical (unpaired) electrons. The first kappa shape index (κ1) is 16.8. The molecule has 1 aromatic rings. The first-order valence-corrected chi connectivity index (χ1v) is 9.84. The number of benzene rings is 1. The zero-order valence-electron chi connectivity index (χ0n) is 14.5. The second kappa shape index (κ2) is 5.49. The molecule has 2 atom stereocenters. The highest BCUT2D eigenvalue weighted by atomic mass is 32.2. The van der Waals surface area contributed by atoms with E-state index in [4.69, 9.17) is 4.74 Å². The predicted octanol–water partition coefficient (Wildman–Crippen LogP) is 3.67. The highest BCUT2D eigenvalue weighted by Gasteiger charge is 2.53. The molecular weight excluding hydrogens is 310 g/mol. The Kier molecular flexibility index (Phi) is 4.00. The molecule has 1 saturated heterocycles. The summed E-state index contributed by atoms with van der Waals surface area (Å²) in [5.41, 5.74) is 0.311. The molecule has 0 unspecified atom stereocenters. The third-order valence-corrected chi connectivity index (χ3v) is 7.02. The second-order valence-electron chi connectivity index (χ2n) is 8.17. The number of nitrogens with zero attached hydrogens (tertiary/aromatic N) is 1. The Labute approximate surface area is 139 Å². The fourth-order valence-corrected chi connectivity index (χ4v) is 6.47. The summed E-state index contributed by atoms with van der Waals surface area (Å²) in [5, 5.41) is 0. The van der Waals surface area contributed by atoms with Crippen LogP contribution >= 0.6 is 0 Å². The van der Waals surface area contributed by atoms with E-state index in [0.29, 0.717) is 23.8 Å². The summed E-state index contributed by atoms with van der Waals surface area (Å²) in [6.07, 6.45) is 3.01. The largest absolute Gasteiger partial charge is 0.494 e. The van der Waals surface area contributed by atoms with Crippen molar-refractivity contribution in [3.05, 3.63) is 24.3 Å². The van der Waals surface area contributed by atoms with Crippen LogP contribution in [0.2, 0.25) is 0 Å². The lowest BCUT2D eigenvalue weighted by atomic mass is 9.65. The van der Waals surface area contributed by atoms with Gasteiger partial charge in [-0.2, -0.15) is 4.31 Å². The van der Waals surface area contributed by atoms with Gasteiger partial charge in [0.05, 0.1) is 11.5 Å². The van der Waals surface area contributed by atoms with Crippen LogP contribution in [0.15, 0.2) is 29.2 Å². The van der Waals surface area contributed by atoms with Gasteiger partial charge in [0, 0.05) is 12.6 Å². The van der Waals surface area contributed by atoms with Gasteiger partial charge in [-0.05, 0) is 61.3 Å². The number of sulfonamides is 1. The molecule has 4 nitrogen and oxygen atoms in total. The SMILES string of the molecule is CCOc1ccc(S(=O)(=O)N2C[C@@]3(C)C[C@@H]2CC(C)(C)C3)cc1. The Morgan fingerprint density at radius 3 is 2.43 bits per heavy atom. The summed E-state index contributed by atoms with van der Waals surface area (Å²) in [6.45, 7) is 9.87. The summed E-state index contributed by atoms with van der Waals surface area (Å²) >= 11 is 0. The van der Waals surface area contributed by atoms with Crippen LogP contribution in [0.4, 0.5) is 0 Å². The number of ether oxygens (including phenoxy) is 1. The minimum atomic E-state index is -3.44. The van der Waals surface area contributed by atoms with Gasteiger partial charge in [-0.15, -0.1) is 0 Å². The van der Waals surface area contributed by atoms with Gasteiger partial charge in [0.2, 0.25) is 10.0 Å². The van der Waals surface area contributed by atoms with Crippen molar-refractivity contribution >= 4 is 10.0 Å². The third kappa shape index (κ3) is 3.13. The number of hydrogen-bond acceptors (Lipinski definition) is 3. The fraction of sp³-hybridized carbons (Fsp3) is 0.667. The van der Waals surface area contributed by atoms with Gasteiger partial charge < -0.3 is 4.74 Å². The molecule has 3 rings (SSSR count). The van der Waals surface area contributed by atoms with E-state index in [1.165, 1.54) is 0 Å². The first-order valence-electron chi connectivity index (χ1n) is 8.40. The second-order valence-corrected chi connectivity index (χ2v) is 10.1. The van der Waals surface area contributed by atoms with Gasteiger partial charge in [0.25, 0.3) is 0 Å². The van der Waals surface area contributed by atoms with Gasteiger partial charge in [-0.3, -0.25) is 0 Å². The predicted molar refractivity (Wildman–Crippen MR) is 91.0 cm³/mol. The monoisotopic (exact) mass is 337 g/mol. The van der Waals surface area contributed by atoms with Crippen molar-refractivity contribution in [2.24, 2.45) is 10.8 Å². The maximum absolute atomic E-state index is 13.1. The summed E-state index contributed by atoms with van der Waals surface area (Å²) < 4.78 is 33.3. The van der Waals surface area contributed by atoms with Crippen molar-refractivity contribution in [2.75, 3.05) is 13.2 Å². The number of hydrogen-bond donors (Lipinski definition) is 0. The average molecular weight is 337 g/mol. The molecule has 23 heavy (non-hydrogen) atoms. The molecule has 128 valence electrons. The smallest absolute Gasteiger partial charge is 0.243 e. The number of fused-ring (bicyclic) bond motifs is 2. The highest BCUT2D eigenvalue weighted by molar-refractivity contribution is 7.89. The molecule has 0 spiro atoms. The number of rotatable bonds is 4. The van der Waals surface area contributed by atoms with Crippen molar-refractivity contribution in [2.45, 2.75) is 57.9 Å². The lowest BCUT2D eigenvalue weighted by Crippen LogP contribution is -2.37. The van der Waals surface area contributed by atoms with Crippen LogP contribution in [0, 0.1) is 10.8 Å². The van der Waals surface area contributed by atoms with E-state index in [0.717, 1.165) is 19.3 Å². The summed E-state index contributed by atoms with van der Waals surface area (Å²) in [5.74, 6) is 0.708. The maximum Gasteiger partial charge on any atom is 0.243 e. The highest BCUT2D eigenvalue weighted by Crippen LogP contribution is 2.53. The van der Waals surface area contributed by atoms with Crippen molar-refractivity contribution in [1.82, 2.24) is 4.31 Å². The maximum atomic E-state index is 13.1. The van der Waals surface area contributed by atoms with Gasteiger partial charge in [0.15, 0.2) is 0 Å². The molecule has 1 aromatic carbocycles. The minimum absolute atomic E-state index is 0.102. The van der Waals surface area contributed by atoms with Crippen LogP contribution in [0.5, 0.6) is 5.75 Å². The van der Waals surface area contributed by atoms with E-state index in [-0.39, 0.29) is 16.9 Å². The first-order chi connectivity index (χ1) is 10.7. The van der Waals surface area contributed by atoms with Crippen LogP contribution in [0.3, 0.4) is 0 Å². The van der Waals surface area contributed by atoms with Gasteiger partial charge in [-0.25, -0.2) is 8.42 Å². The van der Waals surface area contributed by atoms with E-state index in [9.17, 15) is 8.42 Å². The molecular formula is C18H27NO3S. The van der Waals surface area contributed by atoms with Crippen LogP contribution in [0.1, 0.15) is 47.0 Å². The zero-order valence-corrected chi connectivity index (χ0v) is 15.3. The Bertz CT molecular complexity index is 681.